The Morgan fingerprint density at radius 3 is 2.48 bits per heavy atom. The zero-order valence-electron chi connectivity index (χ0n) is 17.3. The lowest BCUT2D eigenvalue weighted by Crippen LogP contribution is -2.48. The lowest BCUT2D eigenvalue weighted by atomic mass is 9.72. The van der Waals surface area contributed by atoms with E-state index in [1.165, 1.54) is 14.2 Å². The Morgan fingerprint density at radius 2 is 1.84 bits per heavy atom. The third-order valence-electron chi connectivity index (χ3n) is 6.56. The summed E-state index contributed by atoms with van der Waals surface area (Å²) in [6.45, 7) is 0. The number of hydrogen-bond acceptors (Lipinski definition) is 6. The molecule has 6 heteroatoms. The summed E-state index contributed by atoms with van der Waals surface area (Å²) in [6, 6.07) is 21.2. The first-order valence-electron chi connectivity index (χ1n) is 10.2. The second kappa shape index (κ2) is 7.00. The van der Waals surface area contributed by atoms with E-state index in [0.29, 0.717) is 35.1 Å². The van der Waals surface area contributed by atoms with Crippen molar-refractivity contribution in [1.29, 1.82) is 5.26 Å². The second-order valence-electron chi connectivity index (χ2n) is 7.94. The molecule has 156 valence electrons. The normalized spacial score (nSPS) is 25.8. The Labute approximate surface area is 180 Å². The predicted octanol–water partition coefficient (Wildman–Crippen LogP) is 4.02. The Kier molecular flexibility index (Phi) is 4.38. The Balaban J connectivity index is 1.78. The average molecular weight is 414 g/mol. The molecule has 0 radical (unpaired) electrons. The summed E-state index contributed by atoms with van der Waals surface area (Å²) in [4.78, 5) is 4.41. The van der Waals surface area contributed by atoms with Gasteiger partial charge in [0.15, 0.2) is 5.60 Å². The number of rotatable bonds is 4. The Morgan fingerprint density at radius 1 is 1.10 bits per heavy atom. The maximum atomic E-state index is 12.3. The van der Waals surface area contributed by atoms with E-state index in [1.54, 1.807) is 18.2 Å². The number of nitriles is 1. The zero-order valence-corrected chi connectivity index (χ0v) is 17.3. The molecule has 1 aliphatic carbocycles. The first-order valence-corrected chi connectivity index (χ1v) is 10.2. The number of fused-ring (bicyclic) bond motifs is 3. The minimum atomic E-state index is -1.36. The highest BCUT2D eigenvalue weighted by atomic mass is 16.5. The fraction of sp³-hybridized carbons (Fsp3) is 0.280. The molecule has 5 rings (SSSR count). The first-order chi connectivity index (χ1) is 15.1. The molecule has 1 N–H and O–H groups in total. The molecular weight excluding hydrogens is 392 g/mol. The van der Waals surface area contributed by atoms with Gasteiger partial charge in [-0.05, 0) is 36.1 Å². The van der Waals surface area contributed by atoms with Crippen LogP contribution in [0.2, 0.25) is 0 Å². The standard InChI is InChI=1S/C25H22N2O4/c1-29-21-14-20-22(23(27-21)30-2)24(28)13-12-19(17-6-4-3-5-7-17)25(24,31-20)18-10-8-16(15-26)9-11-18/h3-11,14,19,28H,12-13H2,1-2H3/t19?,24-,25?/m1/s1. The van der Waals surface area contributed by atoms with Gasteiger partial charge < -0.3 is 19.3 Å². The van der Waals surface area contributed by atoms with Gasteiger partial charge >= 0.3 is 0 Å². The molecule has 2 aliphatic rings. The topological polar surface area (TPSA) is 84.6 Å². The van der Waals surface area contributed by atoms with Crippen LogP contribution in [0.15, 0.2) is 60.7 Å². The minimum absolute atomic E-state index is 0.116. The molecule has 0 amide bonds. The van der Waals surface area contributed by atoms with Gasteiger partial charge in [0, 0.05) is 12.0 Å². The van der Waals surface area contributed by atoms with Crippen LogP contribution in [0.3, 0.4) is 0 Å². The highest BCUT2D eigenvalue weighted by Gasteiger charge is 2.69. The van der Waals surface area contributed by atoms with E-state index < -0.39 is 11.2 Å². The maximum absolute atomic E-state index is 12.3. The number of pyridine rings is 1. The summed E-state index contributed by atoms with van der Waals surface area (Å²) < 4.78 is 17.6. The SMILES string of the molecule is COc1cc2c(c(OC)n1)[C@]1(O)CCC(c3ccccc3)C1(c1ccc(C#N)cc1)O2. The Bertz CT molecular complexity index is 1170. The van der Waals surface area contributed by atoms with Crippen molar-refractivity contribution in [2.45, 2.75) is 30.0 Å². The number of aromatic nitrogens is 1. The number of nitrogens with zero attached hydrogens (tertiary/aromatic N) is 2. The third-order valence-corrected chi connectivity index (χ3v) is 6.56. The highest BCUT2D eigenvalue weighted by molar-refractivity contribution is 5.58. The highest BCUT2D eigenvalue weighted by Crippen LogP contribution is 2.68. The molecule has 6 nitrogen and oxygen atoms in total. The van der Waals surface area contributed by atoms with Crippen molar-refractivity contribution in [2.24, 2.45) is 0 Å². The molecule has 2 heterocycles. The van der Waals surface area contributed by atoms with E-state index in [1.807, 2.05) is 30.3 Å². The van der Waals surface area contributed by atoms with Gasteiger partial charge in [-0.3, -0.25) is 0 Å². The van der Waals surface area contributed by atoms with Crippen molar-refractivity contribution in [2.75, 3.05) is 14.2 Å². The molecule has 3 atom stereocenters. The Hall–Kier alpha value is -3.56. The molecule has 3 aromatic rings. The van der Waals surface area contributed by atoms with Gasteiger partial charge in [0.05, 0.1) is 31.4 Å². The monoisotopic (exact) mass is 414 g/mol. The van der Waals surface area contributed by atoms with E-state index in [-0.39, 0.29) is 5.92 Å². The smallest absolute Gasteiger partial charge is 0.226 e. The molecule has 1 aliphatic heterocycles. The number of aliphatic hydroxyl groups is 1. The summed E-state index contributed by atoms with van der Waals surface area (Å²) in [7, 11) is 3.05. The molecule has 0 spiro atoms. The molecule has 0 saturated heterocycles. The summed E-state index contributed by atoms with van der Waals surface area (Å²) in [5, 5.41) is 21.5. The van der Waals surface area contributed by atoms with Crippen LogP contribution >= 0.6 is 0 Å². The van der Waals surface area contributed by atoms with Crippen LogP contribution < -0.4 is 14.2 Å². The number of methoxy groups -OCH3 is 2. The van der Waals surface area contributed by atoms with E-state index in [4.69, 9.17) is 14.2 Å². The van der Waals surface area contributed by atoms with Crippen molar-refractivity contribution in [3.05, 3.63) is 82.9 Å². The van der Waals surface area contributed by atoms with Gasteiger partial charge in [-0.1, -0.05) is 42.5 Å². The molecule has 2 unspecified atom stereocenters. The maximum Gasteiger partial charge on any atom is 0.226 e. The molecule has 31 heavy (non-hydrogen) atoms. The lowest BCUT2D eigenvalue weighted by molar-refractivity contribution is -0.106. The van der Waals surface area contributed by atoms with Crippen LogP contribution in [-0.4, -0.2) is 24.3 Å². The first kappa shape index (κ1) is 19.4. The molecule has 2 aromatic carbocycles. The lowest BCUT2D eigenvalue weighted by Gasteiger charge is -2.40. The van der Waals surface area contributed by atoms with E-state index in [2.05, 4.69) is 23.2 Å². The van der Waals surface area contributed by atoms with E-state index >= 15 is 0 Å². The van der Waals surface area contributed by atoms with Gasteiger partial charge in [0.2, 0.25) is 11.8 Å². The summed E-state index contributed by atoms with van der Waals surface area (Å²) in [5.74, 6) is 1.03. The summed E-state index contributed by atoms with van der Waals surface area (Å²) in [5.41, 5.74) is 0.521. The van der Waals surface area contributed by atoms with E-state index in [0.717, 1.165) is 17.5 Å². The molecule has 1 aromatic heterocycles. The number of benzene rings is 2. The van der Waals surface area contributed by atoms with Gasteiger partial charge in [0.25, 0.3) is 0 Å². The molecule has 1 fully saturated rings. The fourth-order valence-corrected chi connectivity index (χ4v) is 5.24. The fourth-order valence-electron chi connectivity index (χ4n) is 5.24. The zero-order chi connectivity index (χ0) is 21.6. The molecule has 1 saturated carbocycles. The van der Waals surface area contributed by atoms with Crippen LogP contribution in [0.25, 0.3) is 0 Å². The summed E-state index contributed by atoms with van der Waals surface area (Å²) >= 11 is 0. The summed E-state index contributed by atoms with van der Waals surface area (Å²) in [6.07, 6.45) is 1.19. The molecule has 0 bridgehead atoms. The van der Waals surface area contributed by atoms with Crippen molar-refractivity contribution in [3.63, 3.8) is 0 Å². The number of ether oxygens (including phenoxy) is 3. The predicted molar refractivity (Wildman–Crippen MR) is 113 cm³/mol. The molecular formula is C25H22N2O4. The van der Waals surface area contributed by atoms with E-state index in [9.17, 15) is 10.4 Å². The number of hydrogen-bond donors (Lipinski definition) is 1. The van der Waals surface area contributed by atoms with Crippen LogP contribution in [0, 0.1) is 11.3 Å². The van der Waals surface area contributed by atoms with Gasteiger partial charge in [0.1, 0.15) is 11.4 Å². The third kappa shape index (κ3) is 2.57. The second-order valence-corrected chi connectivity index (χ2v) is 7.94. The van der Waals surface area contributed by atoms with Crippen molar-refractivity contribution >= 4 is 0 Å². The van der Waals surface area contributed by atoms with Gasteiger partial charge in [-0.15, -0.1) is 0 Å². The van der Waals surface area contributed by atoms with Crippen molar-refractivity contribution < 1.29 is 19.3 Å². The minimum Gasteiger partial charge on any atom is -0.481 e. The van der Waals surface area contributed by atoms with Crippen molar-refractivity contribution in [3.8, 4) is 23.6 Å². The average Bonchev–Trinajstić information content (AvgIpc) is 3.26. The van der Waals surface area contributed by atoms with Gasteiger partial charge in [-0.25, -0.2) is 0 Å². The van der Waals surface area contributed by atoms with Crippen LogP contribution in [0.1, 0.15) is 41.0 Å². The van der Waals surface area contributed by atoms with Gasteiger partial charge in [-0.2, -0.15) is 10.2 Å². The van der Waals surface area contributed by atoms with Crippen LogP contribution in [0.5, 0.6) is 17.5 Å². The largest absolute Gasteiger partial charge is 0.481 e. The van der Waals surface area contributed by atoms with Crippen LogP contribution in [-0.2, 0) is 11.2 Å². The quantitative estimate of drug-likeness (QED) is 0.694. The van der Waals surface area contributed by atoms with Crippen LogP contribution in [0.4, 0.5) is 0 Å². The van der Waals surface area contributed by atoms with Crippen molar-refractivity contribution in [1.82, 2.24) is 4.98 Å².